The molecular formula is C27H38N2O2. The molecule has 0 unspecified atom stereocenters. The lowest BCUT2D eigenvalue weighted by Gasteiger charge is -2.38. The lowest BCUT2D eigenvalue weighted by atomic mass is 9.95. The fourth-order valence-corrected chi connectivity index (χ4v) is 5.31. The average Bonchev–Trinajstić information content (AvgIpc) is 3.24. The number of hydrogen-bond acceptors (Lipinski definition) is 4. The van der Waals surface area contributed by atoms with Gasteiger partial charge in [-0.2, -0.15) is 0 Å². The Balaban J connectivity index is 1.34. The van der Waals surface area contributed by atoms with E-state index in [9.17, 15) is 0 Å². The van der Waals surface area contributed by atoms with E-state index in [1.54, 1.807) is 18.2 Å². The largest absolute Gasteiger partial charge is 0.494 e. The molecule has 1 saturated heterocycles. The molecular weight excluding hydrogens is 384 g/mol. The number of fused-ring (bicyclic) bond motifs is 1. The monoisotopic (exact) mass is 422 g/mol. The highest BCUT2D eigenvalue weighted by Crippen LogP contribution is 2.29. The van der Waals surface area contributed by atoms with Crippen LogP contribution in [0.15, 0.2) is 48.5 Å². The predicted octanol–water partition coefficient (Wildman–Crippen LogP) is 4.41. The van der Waals surface area contributed by atoms with Crippen LogP contribution < -0.4 is 4.74 Å². The molecule has 2 aromatic carbocycles. The van der Waals surface area contributed by atoms with Gasteiger partial charge in [0.1, 0.15) is 5.75 Å². The van der Waals surface area contributed by atoms with Crippen LogP contribution in [-0.4, -0.2) is 62.3 Å². The summed E-state index contributed by atoms with van der Waals surface area (Å²) in [7, 11) is 1.80. The van der Waals surface area contributed by atoms with Gasteiger partial charge in [0, 0.05) is 39.3 Å². The first-order valence-corrected chi connectivity index (χ1v) is 12.0. The van der Waals surface area contributed by atoms with E-state index in [1.807, 2.05) is 6.92 Å². The summed E-state index contributed by atoms with van der Waals surface area (Å²) in [5.41, 5.74) is 4.47. The molecule has 1 heterocycles. The Morgan fingerprint density at radius 2 is 1.77 bits per heavy atom. The highest BCUT2D eigenvalue weighted by molar-refractivity contribution is 5.33. The van der Waals surface area contributed by atoms with E-state index >= 15 is 0 Å². The summed E-state index contributed by atoms with van der Waals surface area (Å²) < 4.78 is 11.0. The topological polar surface area (TPSA) is 24.9 Å². The lowest BCUT2D eigenvalue weighted by molar-refractivity contribution is 0.0843. The molecule has 1 aliphatic heterocycles. The highest BCUT2D eigenvalue weighted by atomic mass is 16.5. The van der Waals surface area contributed by atoms with Crippen molar-refractivity contribution in [1.29, 1.82) is 0 Å². The molecule has 0 spiro atoms. The van der Waals surface area contributed by atoms with Crippen LogP contribution in [-0.2, 0) is 24.1 Å². The van der Waals surface area contributed by atoms with Crippen LogP contribution in [0.4, 0.5) is 0 Å². The van der Waals surface area contributed by atoms with Crippen molar-refractivity contribution in [2.24, 2.45) is 5.92 Å². The molecule has 0 saturated carbocycles. The zero-order valence-electron chi connectivity index (χ0n) is 19.3. The smallest absolute Gasteiger partial charge is 0.119 e. The quantitative estimate of drug-likeness (QED) is 0.566. The van der Waals surface area contributed by atoms with E-state index in [0.717, 1.165) is 37.9 Å². The van der Waals surface area contributed by atoms with Gasteiger partial charge < -0.3 is 9.47 Å². The second-order valence-corrected chi connectivity index (χ2v) is 9.14. The van der Waals surface area contributed by atoms with Gasteiger partial charge in [-0.15, -0.1) is 0 Å². The molecule has 4 rings (SSSR count). The van der Waals surface area contributed by atoms with Crippen LogP contribution >= 0.6 is 0 Å². The summed E-state index contributed by atoms with van der Waals surface area (Å²) >= 11 is 0. The molecule has 0 N–H and O–H groups in total. The maximum Gasteiger partial charge on any atom is 0.119 e. The average molecular weight is 423 g/mol. The first-order chi connectivity index (χ1) is 15.2. The van der Waals surface area contributed by atoms with Gasteiger partial charge in [-0.3, -0.25) is 9.80 Å². The summed E-state index contributed by atoms with van der Waals surface area (Å²) in [6.45, 7) is 9.10. The minimum absolute atomic E-state index is 0.693. The molecule has 1 fully saturated rings. The molecule has 4 heteroatoms. The van der Waals surface area contributed by atoms with Crippen molar-refractivity contribution < 1.29 is 9.47 Å². The fraction of sp³-hybridized carbons (Fsp3) is 0.556. The fourth-order valence-electron chi connectivity index (χ4n) is 5.31. The number of nitrogens with zero attached hydrogens (tertiary/aromatic N) is 2. The van der Waals surface area contributed by atoms with E-state index in [2.05, 4.69) is 58.3 Å². The lowest BCUT2D eigenvalue weighted by Crippen LogP contribution is -2.46. The minimum Gasteiger partial charge on any atom is -0.494 e. The van der Waals surface area contributed by atoms with Crippen molar-refractivity contribution in [2.45, 2.75) is 45.2 Å². The molecule has 0 radical (unpaired) electrons. The van der Waals surface area contributed by atoms with Crippen molar-refractivity contribution in [2.75, 3.05) is 46.5 Å². The van der Waals surface area contributed by atoms with Gasteiger partial charge in [-0.05, 0) is 73.9 Å². The molecule has 0 bridgehead atoms. The van der Waals surface area contributed by atoms with E-state index < -0.39 is 0 Å². The number of rotatable bonds is 10. The number of likely N-dealkylation sites (tertiary alicyclic amines) is 1. The first kappa shape index (κ1) is 22.3. The predicted molar refractivity (Wildman–Crippen MR) is 127 cm³/mol. The van der Waals surface area contributed by atoms with Gasteiger partial charge in [-0.25, -0.2) is 0 Å². The van der Waals surface area contributed by atoms with Crippen LogP contribution in [0.2, 0.25) is 0 Å². The van der Waals surface area contributed by atoms with Crippen LogP contribution in [0.25, 0.3) is 0 Å². The SMILES string of the molecule is CCOc1ccc(CN(CCOC)C[C@H]2CCCN(C3Cc4ccccc4C3)C2)cc1. The Kier molecular flexibility index (Phi) is 8.01. The standard InChI is InChI=1S/C27H38N2O2/c1-3-31-27-12-10-22(11-13-27)19-28(15-16-30-2)20-23-7-6-14-29(21-23)26-17-24-8-4-5-9-25(24)18-26/h4-5,8-13,23,26H,3,6-7,14-21H2,1-2H3/t23-/m1/s1. The van der Waals surface area contributed by atoms with Crippen molar-refractivity contribution in [3.63, 3.8) is 0 Å². The third kappa shape index (κ3) is 6.09. The summed E-state index contributed by atoms with van der Waals surface area (Å²) in [5, 5.41) is 0. The minimum atomic E-state index is 0.693. The number of benzene rings is 2. The van der Waals surface area contributed by atoms with Gasteiger partial charge in [0.2, 0.25) is 0 Å². The highest BCUT2D eigenvalue weighted by Gasteiger charge is 2.31. The number of piperidine rings is 1. The number of methoxy groups -OCH3 is 1. The Labute approximate surface area is 188 Å². The van der Waals surface area contributed by atoms with Gasteiger partial charge >= 0.3 is 0 Å². The van der Waals surface area contributed by atoms with Crippen molar-refractivity contribution in [3.05, 3.63) is 65.2 Å². The molecule has 1 atom stereocenters. The molecule has 0 amide bonds. The molecule has 1 aliphatic carbocycles. The molecule has 0 aromatic heterocycles. The van der Waals surface area contributed by atoms with Crippen LogP contribution in [0.1, 0.15) is 36.5 Å². The Morgan fingerprint density at radius 1 is 1.03 bits per heavy atom. The summed E-state index contributed by atoms with van der Waals surface area (Å²) in [5.74, 6) is 1.69. The maximum absolute atomic E-state index is 5.60. The van der Waals surface area contributed by atoms with E-state index in [0.29, 0.717) is 12.6 Å². The second kappa shape index (κ2) is 11.1. The van der Waals surface area contributed by atoms with Gasteiger partial charge in [0.05, 0.1) is 13.2 Å². The van der Waals surface area contributed by atoms with E-state index in [4.69, 9.17) is 9.47 Å². The van der Waals surface area contributed by atoms with Crippen LogP contribution in [0, 0.1) is 5.92 Å². The normalized spacial score (nSPS) is 19.6. The maximum atomic E-state index is 5.60. The molecule has 168 valence electrons. The Hall–Kier alpha value is -1.88. The summed E-state index contributed by atoms with van der Waals surface area (Å²) in [6.07, 6.45) is 5.10. The van der Waals surface area contributed by atoms with Gasteiger partial charge in [-0.1, -0.05) is 36.4 Å². The summed E-state index contributed by atoms with van der Waals surface area (Å²) in [4.78, 5) is 5.36. The third-order valence-electron chi connectivity index (χ3n) is 6.86. The molecule has 2 aromatic rings. The van der Waals surface area contributed by atoms with E-state index in [-0.39, 0.29) is 0 Å². The first-order valence-electron chi connectivity index (χ1n) is 12.0. The third-order valence-corrected chi connectivity index (χ3v) is 6.86. The van der Waals surface area contributed by atoms with E-state index in [1.165, 1.54) is 44.3 Å². The van der Waals surface area contributed by atoms with Crippen molar-refractivity contribution in [1.82, 2.24) is 9.80 Å². The number of hydrogen-bond donors (Lipinski definition) is 0. The Bertz CT molecular complexity index is 782. The van der Waals surface area contributed by atoms with Crippen LogP contribution in [0.5, 0.6) is 5.75 Å². The zero-order chi connectivity index (χ0) is 21.5. The van der Waals surface area contributed by atoms with Gasteiger partial charge in [0.25, 0.3) is 0 Å². The molecule has 31 heavy (non-hydrogen) atoms. The van der Waals surface area contributed by atoms with Crippen molar-refractivity contribution in [3.8, 4) is 5.75 Å². The van der Waals surface area contributed by atoms with Crippen molar-refractivity contribution >= 4 is 0 Å². The molecule has 4 nitrogen and oxygen atoms in total. The van der Waals surface area contributed by atoms with Crippen LogP contribution in [0.3, 0.4) is 0 Å². The second-order valence-electron chi connectivity index (χ2n) is 9.14. The van der Waals surface area contributed by atoms with Gasteiger partial charge in [0.15, 0.2) is 0 Å². The zero-order valence-corrected chi connectivity index (χ0v) is 19.3. The Morgan fingerprint density at radius 3 is 2.45 bits per heavy atom. The summed E-state index contributed by atoms with van der Waals surface area (Å²) in [6, 6.07) is 18.3. The molecule has 2 aliphatic rings. The number of ether oxygens (including phenoxy) is 2.